The highest BCUT2D eigenvalue weighted by Gasteiger charge is 2.12. The Balaban J connectivity index is 1.70. The van der Waals surface area contributed by atoms with E-state index in [2.05, 4.69) is 0 Å². The molecule has 1 heterocycles. The van der Waals surface area contributed by atoms with Crippen LogP contribution in [0.5, 0.6) is 5.75 Å². The number of para-hydroxylation sites is 1. The van der Waals surface area contributed by atoms with E-state index in [-0.39, 0.29) is 12.2 Å². The summed E-state index contributed by atoms with van der Waals surface area (Å²) in [6.45, 7) is 0.870. The molecule has 1 aromatic heterocycles. The molecule has 100 valence electrons. The zero-order valence-corrected chi connectivity index (χ0v) is 10.2. The van der Waals surface area contributed by atoms with Gasteiger partial charge in [-0.1, -0.05) is 18.2 Å². The van der Waals surface area contributed by atoms with Crippen LogP contribution in [-0.2, 0) is 11.3 Å². The van der Waals surface area contributed by atoms with Gasteiger partial charge in [-0.2, -0.15) is 0 Å². The SMILES string of the molecule is O=C(O)c1ccoc1COCCOc1ccccc1. The lowest BCUT2D eigenvalue weighted by molar-refractivity contribution is 0.0655. The lowest BCUT2D eigenvalue weighted by atomic mass is 10.2. The fourth-order valence-corrected chi connectivity index (χ4v) is 1.54. The van der Waals surface area contributed by atoms with Crippen molar-refractivity contribution in [1.29, 1.82) is 0 Å². The summed E-state index contributed by atoms with van der Waals surface area (Å²) >= 11 is 0. The minimum atomic E-state index is -1.02. The van der Waals surface area contributed by atoms with Gasteiger partial charge in [0.05, 0.1) is 12.9 Å². The van der Waals surface area contributed by atoms with E-state index >= 15 is 0 Å². The van der Waals surface area contributed by atoms with Crippen molar-refractivity contribution < 1.29 is 23.8 Å². The van der Waals surface area contributed by atoms with Gasteiger partial charge in [-0.15, -0.1) is 0 Å². The van der Waals surface area contributed by atoms with E-state index in [0.717, 1.165) is 5.75 Å². The van der Waals surface area contributed by atoms with Crippen LogP contribution in [0.1, 0.15) is 16.1 Å². The average Bonchev–Trinajstić information content (AvgIpc) is 2.88. The Hall–Kier alpha value is -2.27. The number of hydrogen-bond acceptors (Lipinski definition) is 4. The Morgan fingerprint density at radius 1 is 1.16 bits per heavy atom. The van der Waals surface area contributed by atoms with Crippen LogP contribution in [0.15, 0.2) is 47.1 Å². The molecule has 0 bridgehead atoms. The maximum atomic E-state index is 10.8. The first-order valence-corrected chi connectivity index (χ1v) is 5.82. The van der Waals surface area contributed by atoms with Crippen LogP contribution in [-0.4, -0.2) is 24.3 Å². The molecule has 5 heteroatoms. The van der Waals surface area contributed by atoms with Gasteiger partial charge in [0.2, 0.25) is 0 Å². The molecule has 2 aromatic rings. The molecule has 0 saturated heterocycles. The van der Waals surface area contributed by atoms with Gasteiger partial charge in [0.15, 0.2) is 0 Å². The summed E-state index contributed by atoms with van der Waals surface area (Å²) in [4.78, 5) is 10.8. The molecule has 19 heavy (non-hydrogen) atoms. The summed E-state index contributed by atoms with van der Waals surface area (Å²) in [6, 6.07) is 10.8. The molecule has 0 aliphatic rings. The molecule has 1 N–H and O–H groups in total. The number of ether oxygens (including phenoxy) is 2. The standard InChI is InChI=1S/C14H14O5/c15-14(16)12-6-7-19-13(12)10-17-8-9-18-11-4-2-1-3-5-11/h1-7H,8-10H2,(H,15,16). The third-order valence-electron chi connectivity index (χ3n) is 2.45. The van der Waals surface area contributed by atoms with Crippen molar-refractivity contribution in [3.8, 4) is 5.75 Å². The number of aromatic carboxylic acids is 1. The number of hydrogen-bond donors (Lipinski definition) is 1. The Labute approximate surface area is 110 Å². The smallest absolute Gasteiger partial charge is 0.339 e. The molecule has 0 aliphatic carbocycles. The van der Waals surface area contributed by atoms with E-state index in [1.165, 1.54) is 12.3 Å². The van der Waals surface area contributed by atoms with Crippen LogP contribution in [0.4, 0.5) is 0 Å². The third-order valence-corrected chi connectivity index (χ3v) is 2.45. The van der Waals surface area contributed by atoms with E-state index in [1.807, 2.05) is 30.3 Å². The summed E-state index contributed by atoms with van der Waals surface area (Å²) in [7, 11) is 0. The minimum Gasteiger partial charge on any atom is -0.491 e. The largest absolute Gasteiger partial charge is 0.491 e. The van der Waals surface area contributed by atoms with Crippen molar-refractivity contribution in [3.05, 3.63) is 54.0 Å². The Bertz CT molecular complexity index is 518. The first-order chi connectivity index (χ1) is 9.27. The van der Waals surface area contributed by atoms with Crippen LogP contribution in [0.25, 0.3) is 0 Å². The van der Waals surface area contributed by atoms with E-state index < -0.39 is 5.97 Å². The van der Waals surface area contributed by atoms with Crippen molar-refractivity contribution in [3.63, 3.8) is 0 Å². The third kappa shape index (κ3) is 3.86. The lowest BCUT2D eigenvalue weighted by Gasteiger charge is -2.06. The monoisotopic (exact) mass is 262 g/mol. The fraction of sp³-hybridized carbons (Fsp3) is 0.214. The Morgan fingerprint density at radius 2 is 1.95 bits per heavy atom. The van der Waals surface area contributed by atoms with Gasteiger partial charge in [-0.25, -0.2) is 4.79 Å². The zero-order valence-electron chi connectivity index (χ0n) is 10.2. The van der Waals surface area contributed by atoms with Crippen LogP contribution in [0.2, 0.25) is 0 Å². The van der Waals surface area contributed by atoms with Crippen LogP contribution in [0.3, 0.4) is 0 Å². The van der Waals surface area contributed by atoms with Gasteiger partial charge in [0.1, 0.15) is 30.3 Å². The van der Waals surface area contributed by atoms with Gasteiger partial charge >= 0.3 is 5.97 Å². The van der Waals surface area contributed by atoms with E-state index in [1.54, 1.807) is 0 Å². The molecular formula is C14H14O5. The molecule has 0 amide bonds. The van der Waals surface area contributed by atoms with Crippen LogP contribution in [0, 0.1) is 0 Å². The summed E-state index contributed by atoms with van der Waals surface area (Å²) < 4.78 is 15.8. The summed E-state index contributed by atoms with van der Waals surface area (Å²) in [5.41, 5.74) is 0.129. The number of furan rings is 1. The molecule has 5 nitrogen and oxygen atoms in total. The first-order valence-electron chi connectivity index (χ1n) is 5.82. The molecule has 0 atom stereocenters. The van der Waals surface area contributed by atoms with E-state index in [0.29, 0.717) is 19.0 Å². The fourth-order valence-electron chi connectivity index (χ4n) is 1.54. The number of carbonyl (C=O) groups is 1. The molecule has 2 rings (SSSR count). The number of rotatable bonds is 7. The highest BCUT2D eigenvalue weighted by Crippen LogP contribution is 2.12. The minimum absolute atomic E-state index is 0.118. The topological polar surface area (TPSA) is 68.9 Å². The normalized spacial score (nSPS) is 10.3. The average molecular weight is 262 g/mol. The Morgan fingerprint density at radius 3 is 2.68 bits per heavy atom. The van der Waals surface area contributed by atoms with Crippen molar-refractivity contribution in [1.82, 2.24) is 0 Å². The molecule has 0 radical (unpaired) electrons. The predicted octanol–water partition coefficient (Wildman–Crippen LogP) is 2.57. The van der Waals surface area contributed by atoms with Gasteiger partial charge < -0.3 is 19.0 Å². The lowest BCUT2D eigenvalue weighted by Crippen LogP contribution is -2.08. The van der Waals surface area contributed by atoms with E-state index in [4.69, 9.17) is 19.0 Å². The highest BCUT2D eigenvalue weighted by molar-refractivity contribution is 5.88. The predicted molar refractivity (Wildman–Crippen MR) is 67.3 cm³/mol. The molecule has 0 spiro atoms. The maximum Gasteiger partial charge on any atom is 0.339 e. The highest BCUT2D eigenvalue weighted by atomic mass is 16.5. The quantitative estimate of drug-likeness (QED) is 0.777. The molecule has 0 unspecified atom stereocenters. The van der Waals surface area contributed by atoms with Crippen molar-refractivity contribution in [2.24, 2.45) is 0 Å². The maximum absolute atomic E-state index is 10.8. The van der Waals surface area contributed by atoms with Gasteiger partial charge in [0, 0.05) is 0 Å². The molecule has 1 aromatic carbocycles. The Kier molecular flexibility index (Phi) is 4.58. The summed E-state index contributed by atoms with van der Waals surface area (Å²) in [6.07, 6.45) is 1.34. The van der Waals surface area contributed by atoms with Gasteiger partial charge in [0.25, 0.3) is 0 Å². The second-order valence-corrected chi connectivity index (χ2v) is 3.78. The number of carboxylic acids is 1. The van der Waals surface area contributed by atoms with Crippen LogP contribution >= 0.6 is 0 Å². The first kappa shape index (κ1) is 13.2. The second kappa shape index (κ2) is 6.61. The summed E-state index contributed by atoms with van der Waals surface area (Å²) in [5, 5.41) is 8.87. The molecule has 0 aliphatic heterocycles. The second-order valence-electron chi connectivity index (χ2n) is 3.78. The van der Waals surface area contributed by atoms with Crippen LogP contribution < -0.4 is 4.74 Å². The zero-order chi connectivity index (χ0) is 13.5. The van der Waals surface area contributed by atoms with Crippen molar-refractivity contribution in [2.45, 2.75) is 6.61 Å². The molecular weight excluding hydrogens is 248 g/mol. The van der Waals surface area contributed by atoms with Crippen molar-refractivity contribution >= 4 is 5.97 Å². The van der Waals surface area contributed by atoms with E-state index in [9.17, 15) is 4.79 Å². The molecule has 0 fully saturated rings. The summed E-state index contributed by atoms with van der Waals surface area (Å²) in [5.74, 6) is 0.0652. The molecule has 0 saturated carbocycles. The number of carboxylic acid groups (broad SMARTS) is 1. The van der Waals surface area contributed by atoms with Crippen molar-refractivity contribution in [2.75, 3.05) is 13.2 Å². The number of benzene rings is 1. The van der Waals surface area contributed by atoms with Gasteiger partial charge in [-0.05, 0) is 18.2 Å². The van der Waals surface area contributed by atoms with Gasteiger partial charge in [-0.3, -0.25) is 0 Å².